The van der Waals surface area contributed by atoms with Crippen molar-refractivity contribution in [3.63, 3.8) is 0 Å². The topological polar surface area (TPSA) is 41.5 Å². The molecule has 0 aliphatic rings. The quantitative estimate of drug-likeness (QED) is 0.863. The van der Waals surface area contributed by atoms with E-state index >= 15 is 0 Å². The Morgan fingerprint density at radius 2 is 2.00 bits per heavy atom. The van der Waals surface area contributed by atoms with Gasteiger partial charge in [0, 0.05) is 11.3 Å². The van der Waals surface area contributed by atoms with E-state index in [0.717, 1.165) is 5.69 Å². The van der Waals surface area contributed by atoms with Gasteiger partial charge in [-0.25, -0.2) is 4.39 Å². The van der Waals surface area contributed by atoms with Crippen molar-refractivity contribution in [1.29, 1.82) is 0 Å². The van der Waals surface area contributed by atoms with Gasteiger partial charge in [-0.05, 0) is 59.3 Å². The van der Waals surface area contributed by atoms with Gasteiger partial charge in [0.05, 0.1) is 17.6 Å². The van der Waals surface area contributed by atoms with Gasteiger partial charge in [-0.3, -0.25) is 0 Å². The number of hydrogen-bond donors (Lipinski definition) is 2. The summed E-state index contributed by atoms with van der Waals surface area (Å²) in [5.41, 5.74) is 1.47. The maximum atomic E-state index is 13.2. The molecule has 0 saturated carbocycles. The number of anilines is 1. The number of halogens is 2. The Morgan fingerprint density at radius 1 is 1.25 bits per heavy atom. The largest absolute Gasteiger partial charge is 0.508 e. The van der Waals surface area contributed by atoms with Crippen molar-refractivity contribution in [2.75, 3.05) is 12.4 Å². The van der Waals surface area contributed by atoms with Crippen LogP contribution in [0.2, 0.25) is 0 Å². The second-order valence-corrected chi connectivity index (χ2v) is 5.27. The Hall–Kier alpha value is -1.75. The van der Waals surface area contributed by atoms with E-state index in [0.29, 0.717) is 15.8 Å². The van der Waals surface area contributed by atoms with E-state index in [1.807, 2.05) is 6.92 Å². The number of ether oxygens (including phenoxy) is 1. The monoisotopic (exact) mass is 339 g/mol. The number of rotatable bonds is 4. The molecule has 0 heterocycles. The summed E-state index contributed by atoms with van der Waals surface area (Å²) >= 11 is 3.15. The summed E-state index contributed by atoms with van der Waals surface area (Å²) in [6.45, 7) is 1.91. The molecule has 20 heavy (non-hydrogen) atoms. The van der Waals surface area contributed by atoms with Crippen molar-refractivity contribution in [3.8, 4) is 11.5 Å². The average molecular weight is 340 g/mol. The molecule has 106 valence electrons. The van der Waals surface area contributed by atoms with Gasteiger partial charge in [-0.2, -0.15) is 0 Å². The van der Waals surface area contributed by atoms with Gasteiger partial charge in [0.15, 0.2) is 0 Å². The first-order valence-corrected chi connectivity index (χ1v) is 6.89. The number of phenolic OH excluding ortho intramolecular Hbond substituents is 1. The zero-order valence-electron chi connectivity index (χ0n) is 11.2. The molecule has 2 N–H and O–H groups in total. The molecule has 2 aromatic carbocycles. The Labute approximate surface area is 125 Å². The van der Waals surface area contributed by atoms with Crippen LogP contribution >= 0.6 is 15.9 Å². The van der Waals surface area contributed by atoms with Crippen LogP contribution in [-0.2, 0) is 0 Å². The fourth-order valence-electron chi connectivity index (χ4n) is 1.92. The van der Waals surface area contributed by atoms with Crippen LogP contribution in [0.1, 0.15) is 18.5 Å². The van der Waals surface area contributed by atoms with Crippen molar-refractivity contribution < 1.29 is 14.2 Å². The molecule has 2 aromatic rings. The predicted octanol–water partition coefficient (Wildman–Crippen LogP) is 4.48. The zero-order valence-corrected chi connectivity index (χ0v) is 12.7. The smallest absolute Gasteiger partial charge is 0.137 e. The summed E-state index contributed by atoms with van der Waals surface area (Å²) in [5, 5.41) is 13.1. The van der Waals surface area contributed by atoms with Gasteiger partial charge in [-0.15, -0.1) is 0 Å². The highest BCUT2D eigenvalue weighted by Crippen LogP contribution is 2.31. The first kappa shape index (κ1) is 14.7. The molecule has 0 aliphatic carbocycles. The standard InChI is InChI=1S/C15H15BrFNO2/c1-9(12-8-11(20-2)4-6-15(12)19)18-10-3-5-14(17)13(16)7-10/h3-9,18-19H,1-2H3. The van der Waals surface area contributed by atoms with Crippen molar-refractivity contribution in [3.05, 3.63) is 52.3 Å². The molecule has 3 nitrogen and oxygen atoms in total. The van der Waals surface area contributed by atoms with Gasteiger partial charge in [0.1, 0.15) is 17.3 Å². The van der Waals surface area contributed by atoms with Crippen LogP contribution in [0, 0.1) is 5.82 Å². The van der Waals surface area contributed by atoms with E-state index < -0.39 is 0 Å². The first-order chi connectivity index (χ1) is 9.51. The van der Waals surface area contributed by atoms with E-state index in [2.05, 4.69) is 21.2 Å². The predicted molar refractivity (Wildman–Crippen MR) is 80.8 cm³/mol. The normalized spacial score (nSPS) is 12.0. The summed E-state index contributed by atoms with van der Waals surface area (Å²) in [4.78, 5) is 0. The lowest BCUT2D eigenvalue weighted by Gasteiger charge is -2.18. The Kier molecular flexibility index (Phi) is 4.49. The molecular weight excluding hydrogens is 325 g/mol. The molecule has 0 aliphatic heterocycles. The van der Waals surface area contributed by atoms with Gasteiger partial charge in [-0.1, -0.05) is 0 Å². The summed E-state index contributed by atoms with van der Waals surface area (Å²) in [5.74, 6) is 0.547. The maximum absolute atomic E-state index is 13.2. The van der Waals surface area contributed by atoms with Crippen molar-refractivity contribution in [1.82, 2.24) is 0 Å². The third-order valence-corrected chi connectivity index (χ3v) is 3.61. The lowest BCUT2D eigenvalue weighted by molar-refractivity contribution is 0.410. The van der Waals surface area contributed by atoms with Gasteiger partial charge >= 0.3 is 0 Å². The molecule has 1 atom stereocenters. The fraction of sp³-hybridized carbons (Fsp3) is 0.200. The molecular formula is C15H15BrFNO2. The van der Waals surface area contributed by atoms with Crippen LogP contribution in [0.15, 0.2) is 40.9 Å². The first-order valence-electron chi connectivity index (χ1n) is 6.09. The maximum Gasteiger partial charge on any atom is 0.137 e. The number of phenols is 1. The van der Waals surface area contributed by atoms with E-state index in [9.17, 15) is 9.50 Å². The molecule has 0 saturated heterocycles. The van der Waals surface area contributed by atoms with E-state index in [1.54, 1.807) is 37.4 Å². The van der Waals surface area contributed by atoms with E-state index in [4.69, 9.17) is 4.74 Å². The summed E-state index contributed by atoms with van der Waals surface area (Å²) < 4.78 is 18.7. The van der Waals surface area contributed by atoms with Gasteiger partial charge < -0.3 is 15.2 Å². The SMILES string of the molecule is COc1ccc(O)c(C(C)Nc2ccc(F)c(Br)c2)c1. The van der Waals surface area contributed by atoms with Crippen molar-refractivity contribution >= 4 is 21.6 Å². The summed E-state index contributed by atoms with van der Waals surface area (Å²) in [7, 11) is 1.57. The number of methoxy groups -OCH3 is 1. The molecule has 0 bridgehead atoms. The highest BCUT2D eigenvalue weighted by atomic mass is 79.9. The number of nitrogens with one attached hydrogen (secondary N) is 1. The fourth-order valence-corrected chi connectivity index (χ4v) is 2.30. The van der Waals surface area contributed by atoms with Crippen LogP contribution in [0.25, 0.3) is 0 Å². The average Bonchev–Trinajstić information content (AvgIpc) is 2.43. The Balaban J connectivity index is 2.23. The van der Waals surface area contributed by atoms with Crippen LogP contribution in [-0.4, -0.2) is 12.2 Å². The molecule has 0 amide bonds. The minimum Gasteiger partial charge on any atom is -0.508 e. The number of hydrogen-bond acceptors (Lipinski definition) is 3. The molecule has 1 unspecified atom stereocenters. The molecule has 2 rings (SSSR count). The second kappa shape index (κ2) is 6.13. The van der Waals surface area contributed by atoms with Gasteiger partial charge in [0.2, 0.25) is 0 Å². The molecule has 0 spiro atoms. The molecule has 0 fully saturated rings. The summed E-state index contributed by atoms with van der Waals surface area (Å²) in [6, 6.07) is 9.59. The second-order valence-electron chi connectivity index (χ2n) is 4.42. The van der Waals surface area contributed by atoms with Crippen LogP contribution in [0.3, 0.4) is 0 Å². The van der Waals surface area contributed by atoms with Crippen LogP contribution < -0.4 is 10.1 Å². The van der Waals surface area contributed by atoms with Gasteiger partial charge in [0.25, 0.3) is 0 Å². The third kappa shape index (κ3) is 3.22. The number of aromatic hydroxyl groups is 1. The third-order valence-electron chi connectivity index (χ3n) is 3.00. The Morgan fingerprint density at radius 3 is 2.65 bits per heavy atom. The minimum absolute atomic E-state index is 0.150. The van der Waals surface area contributed by atoms with Crippen molar-refractivity contribution in [2.45, 2.75) is 13.0 Å². The highest BCUT2D eigenvalue weighted by Gasteiger charge is 2.12. The minimum atomic E-state index is -0.313. The van der Waals surface area contributed by atoms with E-state index in [-0.39, 0.29) is 17.6 Å². The lowest BCUT2D eigenvalue weighted by Crippen LogP contribution is -2.07. The molecule has 5 heteroatoms. The number of benzene rings is 2. The van der Waals surface area contributed by atoms with Crippen LogP contribution in [0.5, 0.6) is 11.5 Å². The highest BCUT2D eigenvalue weighted by molar-refractivity contribution is 9.10. The lowest BCUT2D eigenvalue weighted by atomic mass is 10.1. The van der Waals surface area contributed by atoms with Crippen LogP contribution in [0.4, 0.5) is 10.1 Å². The molecule has 0 aromatic heterocycles. The zero-order chi connectivity index (χ0) is 14.7. The van der Waals surface area contributed by atoms with Crippen molar-refractivity contribution in [2.24, 2.45) is 0 Å². The summed E-state index contributed by atoms with van der Waals surface area (Å²) in [6.07, 6.45) is 0. The van der Waals surface area contributed by atoms with E-state index in [1.165, 1.54) is 6.07 Å². The Bertz CT molecular complexity index is 619. The molecule has 0 radical (unpaired) electrons.